The SMILES string of the molecule is CCCCOC(=O)C(=C1CC=CC=C1N=C1SCC(=O)N1c1ccccc1)c1ccccc1. The average molecular weight is 459 g/mol. The molecular weight excluding hydrogens is 432 g/mol. The van der Waals surface area contributed by atoms with Crippen LogP contribution >= 0.6 is 11.8 Å². The molecule has 1 aliphatic heterocycles. The van der Waals surface area contributed by atoms with E-state index in [0.717, 1.165) is 29.7 Å². The summed E-state index contributed by atoms with van der Waals surface area (Å²) >= 11 is 1.40. The van der Waals surface area contributed by atoms with E-state index >= 15 is 0 Å². The summed E-state index contributed by atoms with van der Waals surface area (Å²) in [6, 6.07) is 19.1. The van der Waals surface area contributed by atoms with Crippen molar-refractivity contribution >= 4 is 40.1 Å². The summed E-state index contributed by atoms with van der Waals surface area (Å²) in [6.07, 6.45) is 8.15. The van der Waals surface area contributed by atoms with Crippen LogP contribution in [0.25, 0.3) is 5.57 Å². The largest absolute Gasteiger partial charge is 0.462 e. The van der Waals surface area contributed by atoms with Crippen molar-refractivity contribution in [1.29, 1.82) is 0 Å². The van der Waals surface area contributed by atoms with Gasteiger partial charge in [-0.2, -0.15) is 0 Å². The second-order valence-corrected chi connectivity index (χ2v) is 8.58. The second kappa shape index (κ2) is 11.0. The molecule has 0 bridgehead atoms. The summed E-state index contributed by atoms with van der Waals surface area (Å²) in [6.45, 7) is 2.45. The maximum absolute atomic E-state index is 13.2. The van der Waals surface area contributed by atoms with Crippen molar-refractivity contribution in [3.63, 3.8) is 0 Å². The van der Waals surface area contributed by atoms with Gasteiger partial charge in [-0.15, -0.1) is 0 Å². The summed E-state index contributed by atoms with van der Waals surface area (Å²) in [4.78, 5) is 32.3. The lowest BCUT2D eigenvalue weighted by atomic mass is 9.93. The van der Waals surface area contributed by atoms with Crippen LogP contribution in [0.4, 0.5) is 5.69 Å². The number of rotatable bonds is 7. The minimum atomic E-state index is -0.346. The van der Waals surface area contributed by atoms with E-state index in [1.54, 1.807) is 4.90 Å². The summed E-state index contributed by atoms with van der Waals surface area (Å²) in [5.74, 6) is -0.0219. The van der Waals surface area contributed by atoms with Gasteiger partial charge >= 0.3 is 5.97 Å². The highest BCUT2D eigenvalue weighted by Crippen LogP contribution is 2.34. The molecule has 2 aromatic carbocycles. The quantitative estimate of drug-likeness (QED) is 0.301. The molecule has 0 N–H and O–H groups in total. The number of hydrogen-bond donors (Lipinski definition) is 0. The number of amides is 1. The number of ether oxygens (including phenoxy) is 1. The van der Waals surface area contributed by atoms with Crippen LogP contribution in [-0.2, 0) is 14.3 Å². The predicted octanol–water partition coefficient (Wildman–Crippen LogP) is 5.76. The number of anilines is 1. The second-order valence-electron chi connectivity index (χ2n) is 7.64. The van der Waals surface area contributed by atoms with Crippen LogP contribution in [0.2, 0.25) is 0 Å². The molecule has 0 saturated carbocycles. The predicted molar refractivity (Wildman–Crippen MR) is 135 cm³/mol. The van der Waals surface area contributed by atoms with Crippen LogP contribution in [0.15, 0.2) is 95.2 Å². The van der Waals surface area contributed by atoms with Crippen LogP contribution in [0.5, 0.6) is 0 Å². The normalized spacial score (nSPS) is 18.5. The highest BCUT2D eigenvalue weighted by atomic mass is 32.2. The fourth-order valence-corrected chi connectivity index (χ4v) is 4.55. The van der Waals surface area contributed by atoms with E-state index in [1.807, 2.05) is 78.9 Å². The van der Waals surface area contributed by atoms with E-state index in [0.29, 0.717) is 35.2 Å². The first-order valence-electron chi connectivity index (χ1n) is 11.1. The monoisotopic (exact) mass is 458 g/mol. The molecule has 1 heterocycles. The zero-order chi connectivity index (χ0) is 23.0. The molecule has 4 rings (SSSR count). The first kappa shape index (κ1) is 22.8. The molecular formula is C27H26N2O3S. The Morgan fingerprint density at radius 3 is 2.55 bits per heavy atom. The third kappa shape index (κ3) is 5.34. The molecule has 0 aromatic heterocycles. The lowest BCUT2D eigenvalue weighted by Crippen LogP contribution is -2.29. The molecule has 1 saturated heterocycles. The Balaban J connectivity index is 1.76. The van der Waals surface area contributed by atoms with Crippen molar-refractivity contribution < 1.29 is 14.3 Å². The van der Waals surface area contributed by atoms with Crippen LogP contribution in [0.3, 0.4) is 0 Å². The van der Waals surface area contributed by atoms with Gasteiger partial charge in [-0.25, -0.2) is 9.79 Å². The van der Waals surface area contributed by atoms with Gasteiger partial charge in [0.2, 0.25) is 5.91 Å². The number of thioether (sulfide) groups is 1. The third-order valence-electron chi connectivity index (χ3n) is 5.32. The fourth-order valence-electron chi connectivity index (χ4n) is 3.67. The Morgan fingerprint density at radius 2 is 1.82 bits per heavy atom. The van der Waals surface area contributed by atoms with Crippen molar-refractivity contribution in [3.8, 4) is 0 Å². The molecule has 1 fully saturated rings. The molecule has 6 heteroatoms. The Hall–Kier alpha value is -3.38. The van der Waals surface area contributed by atoms with Crippen LogP contribution in [-0.4, -0.2) is 29.4 Å². The minimum Gasteiger partial charge on any atom is -0.462 e. The number of carbonyl (C=O) groups excluding carboxylic acids is 2. The van der Waals surface area contributed by atoms with E-state index in [4.69, 9.17) is 9.73 Å². The molecule has 2 aliphatic rings. The summed E-state index contributed by atoms with van der Waals surface area (Å²) in [5, 5.41) is 0.608. The maximum atomic E-state index is 13.2. The molecule has 0 atom stereocenters. The van der Waals surface area contributed by atoms with E-state index in [2.05, 4.69) is 6.92 Å². The number of allylic oxidation sites excluding steroid dienone is 4. The number of nitrogens with zero attached hydrogens (tertiary/aromatic N) is 2. The molecule has 1 aliphatic carbocycles. The van der Waals surface area contributed by atoms with Crippen LogP contribution in [0.1, 0.15) is 31.7 Å². The van der Waals surface area contributed by atoms with Gasteiger partial charge in [0, 0.05) is 0 Å². The number of amidine groups is 1. The Bertz CT molecular complexity index is 1130. The van der Waals surface area contributed by atoms with Gasteiger partial charge in [0.25, 0.3) is 0 Å². The zero-order valence-electron chi connectivity index (χ0n) is 18.6. The lowest BCUT2D eigenvalue weighted by molar-refractivity contribution is -0.136. The number of unbranched alkanes of at least 4 members (excludes halogenated alkanes) is 1. The average Bonchev–Trinajstić information content (AvgIpc) is 3.21. The fraction of sp³-hybridized carbons (Fsp3) is 0.222. The molecule has 33 heavy (non-hydrogen) atoms. The molecule has 1 amide bonds. The van der Waals surface area contributed by atoms with Crippen molar-refractivity contribution in [2.75, 3.05) is 17.3 Å². The number of aliphatic imine (C=N–C) groups is 1. The van der Waals surface area contributed by atoms with Gasteiger partial charge < -0.3 is 4.74 Å². The van der Waals surface area contributed by atoms with Gasteiger partial charge in [-0.3, -0.25) is 9.69 Å². The van der Waals surface area contributed by atoms with Gasteiger partial charge in [0.15, 0.2) is 5.17 Å². The summed E-state index contributed by atoms with van der Waals surface area (Å²) in [5.41, 5.74) is 3.57. The number of para-hydroxylation sites is 1. The van der Waals surface area contributed by atoms with E-state index < -0.39 is 0 Å². The number of hydrogen-bond acceptors (Lipinski definition) is 5. The Morgan fingerprint density at radius 1 is 1.09 bits per heavy atom. The molecule has 2 aromatic rings. The van der Waals surface area contributed by atoms with E-state index in [1.165, 1.54) is 11.8 Å². The molecule has 168 valence electrons. The molecule has 0 spiro atoms. The first-order valence-corrected chi connectivity index (χ1v) is 12.1. The first-order chi connectivity index (χ1) is 16.2. The Labute approximate surface area is 198 Å². The number of esters is 1. The van der Waals surface area contributed by atoms with Crippen molar-refractivity contribution in [3.05, 3.63) is 95.7 Å². The number of benzene rings is 2. The van der Waals surface area contributed by atoms with Gasteiger partial charge in [-0.05, 0) is 42.2 Å². The third-order valence-corrected chi connectivity index (χ3v) is 6.24. The summed E-state index contributed by atoms with van der Waals surface area (Å²) in [7, 11) is 0. The smallest absolute Gasteiger partial charge is 0.339 e. The van der Waals surface area contributed by atoms with Gasteiger partial charge in [0.1, 0.15) is 0 Å². The molecule has 0 radical (unpaired) electrons. The van der Waals surface area contributed by atoms with Crippen molar-refractivity contribution in [2.45, 2.75) is 26.2 Å². The standard InChI is InChI=1S/C27H26N2O3S/c1-2-3-18-32-26(31)25(20-12-6-4-7-13-20)22-16-10-11-17-23(22)28-27-29(24(30)19-33-27)21-14-8-5-9-15-21/h4-15,17H,2-3,16,18-19H2,1H3. The van der Waals surface area contributed by atoms with E-state index in [-0.39, 0.29) is 11.9 Å². The maximum Gasteiger partial charge on any atom is 0.339 e. The van der Waals surface area contributed by atoms with Crippen molar-refractivity contribution in [1.82, 2.24) is 0 Å². The number of carbonyl (C=O) groups is 2. The lowest BCUT2D eigenvalue weighted by Gasteiger charge is -2.19. The highest BCUT2D eigenvalue weighted by molar-refractivity contribution is 8.15. The van der Waals surface area contributed by atoms with E-state index in [9.17, 15) is 9.59 Å². The molecule has 5 nitrogen and oxygen atoms in total. The zero-order valence-corrected chi connectivity index (χ0v) is 19.4. The van der Waals surface area contributed by atoms with Crippen LogP contribution < -0.4 is 4.90 Å². The molecule has 0 unspecified atom stereocenters. The van der Waals surface area contributed by atoms with Crippen molar-refractivity contribution in [2.24, 2.45) is 4.99 Å². The minimum absolute atomic E-state index is 0.00955. The van der Waals surface area contributed by atoms with Gasteiger partial charge in [-0.1, -0.05) is 85.8 Å². The summed E-state index contributed by atoms with van der Waals surface area (Å²) < 4.78 is 5.61. The Kier molecular flexibility index (Phi) is 7.58. The van der Waals surface area contributed by atoms with Gasteiger partial charge in [0.05, 0.1) is 29.3 Å². The highest BCUT2D eigenvalue weighted by Gasteiger charge is 2.31. The topological polar surface area (TPSA) is 59.0 Å². The van der Waals surface area contributed by atoms with Crippen LogP contribution in [0, 0.1) is 0 Å².